The Morgan fingerprint density at radius 3 is 2.64 bits per heavy atom. The van der Waals surface area contributed by atoms with Gasteiger partial charge in [-0.2, -0.15) is 5.10 Å². The summed E-state index contributed by atoms with van der Waals surface area (Å²) < 4.78 is 5.79. The zero-order valence-corrected chi connectivity index (χ0v) is 18.4. The van der Waals surface area contributed by atoms with Crippen LogP contribution >= 0.6 is 0 Å². The van der Waals surface area contributed by atoms with E-state index in [1.807, 2.05) is 36.4 Å². The van der Waals surface area contributed by atoms with Gasteiger partial charge in [-0.25, -0.2) is 4.98 Å². The molecule has 4 heterocycles. The van der Waals surface area contributed by atoms with E-state index in [0.29, 0.717) is 22.5 Å². The van der Waals surface area contributed by atoms with Gasteiger partial charge in [0, 0.05) is 36.4 Å². The van der Waals surface area contributed by atoms with E-state index in [1.54, 1.807) is 18.6 Å². The summed E-state index contributed by atoms with van der Waals surface area (Å²) in [5.74, 6) is 0.549. The number of fused-ring (bicyclic) bond motifs is 1. The number of nitrogens with one attached hydrogen (secondary N) is 2. The van der Waals surface area contributed by atoms with Gasteiger partial charge in [0.1, 0.15) is 5.82 Å². The van der Waals surface area contributed by atoms with Crippen LogP contribution in [-0.2, 0) is 4.74 Å². The Morgan fingerprint density at radius 2 is 1.91 bits per heavy atom. The molecule has 1 fully saturated rings. The molecule has 33 heavy (non-hydrogen) atoms. The summed E-state index contributed by atoms with van der Waals surface area (Å²) in [6, 6.07) is 11.3. The van der Waals surface area contributed by atoms with E-state index in [-0.39, 0.29) is 18.1 Å². The van der Waals surface area contributed by atoms with Crippen LogP contribution in [0.5, 0.6) is 0 Å². The van der Waals surface area contributed by atoms with Crippen molar-refractivity contribution in [3.05, 3.63) is 60.7 Å². The number of pyridine rings is 2. The van der Waals surface area contributed by atoms with Crippen molar-refractivity contribution in [2.45, 2.75) is 26.1 Å². The molecule has 2 atom stereocenters. The summed E-state index contributed by atoms with van der Waals surface area (Å²) in [5.41, 5.74) is 9.89. The lowest BCUT2D eigenvalue weighted by Gasteiger charge is -2.36. The van der Waals surface area contributed by atoms with Crippen LogP contribution in [0.25, 0.3) is 22.0 Å². The van der Waals surface area contributed by atoms with Crippen molar-refractivity contribution < 1.29 is 9.53 Å². The van der Waals surface area contributed by atoms with Gasteiger partial charge in [-0.3, -0.25) is 14.9 Å². The minimum Gasteiger partial charge on any atom is -0.397 e. The van der Waals surface area contributed by atoms with Gasteiger partial charge < -0.3 is 20.7 Å². The van der Waals surface area contributed by atoms with Gasteiger partial charge in [-0.05, 0) is 49.7 Å². The van der Waals surface area contributed by atoms with E-state index in [0.717, 1.165) is 35.6 Å². The van der Waals surface area contributed by atoms with Crippen LogP contribution in [0.4, 0.5) is 17.2 Å². The van der Waals surface area contributed by atoms with Crippen LogP contribution in [-0.4, -0.2) is 51.4 Å². The number of carbonyl (C=O) groups excluding carboxylic acids is 1. The van der Waals surface area contributed by atoms with Gasteiger partial charge in [0.25, 0.3) is 5.91 Å². The number of anilines is 3. The van der Waals surface area contributed by atoms with Crippen LogP contribution in [0, 0.1) is 0 Å². The minimum absolute atomic E-state index is 0.149. The number of nitrogens with two attached hydrogens (primary N) is 1. The number of H-pyrrole nitrogens is 1. The molecule has 4 N–H and O–H groups in total. The van der Waals surface area contributed by atoms with Crippen molar-refractivity contribution in [1.82, 2.24) is 20.2 Å². The second-order valence-electron chi connectivity index (χ2n) is 8.36. The fourth-order valence-electron chi connectivity index (χ4n) is 4.18. The third-order valence-electron chi connectivity index (χ3n) is 5.62. The molecule has 1 aliphatic rings. The number of rotatable bonds is 4. The Hall–Kier alpha value is -3.98. The normalized spacial score (nSPS) is 18.4. The lowest BCUT2D eigenvalue weighted by Crippen LogP contribution is -2.45. The quantitative estimate of drug-likeness (QED) is 0.441. The van der Waals surface area contributed by atoms with Crippen molar-refractivity contribution in [2.24, 2.45) is 0 Å². The fraction of sp³-hybridized carbons (Fsp3) is 0.250. The maximum atomic E-state index is 13.0. The summed E-state index contributed by atoms with van der Waals surface area (Å²) in [4.78, 5) is 23.9. The smallest absolute Gasteiger partial charge is 0.276 e. The van der Waals surface area contributed by atoms with Crippen molar-refractivity contribution >= 4 is 34.0 Å². The molecule has 1 saturated heterocycles. The summed E-state index contributed by atoms with van der Waals surface area (Å²) >= 11 is 0. The van der Waals surface area contributed by atoms with Crippen molar-refractivity contribution in [2.75, 3.05) is 29.0 Å². The third kappa shape index (κ3) is 4.35. The molecule has 3 aromatic heterocycles. The highest BCUT2D eigenvalue weighted by molar-refractivity contribution is 6.11. The molecule has 0 bridgehead atoms. The lowest BCUT2D eigenvalue weighted by molar-refractivity contribution is -0.00545. The SMILES string of the molecule is CC1CN(c2ccc(NC(=O)c3n[nH]c4ccc(-c5cncc(N)c5)cc34)cn2)CC(C)O1. The number of nitrogens with zero attached hydrogens (tertiary/aromatic N) is 4. The Labute approximate surface area is 191 Å². The average Bonchev–Trinajstić information content (AvgIpc) is 3.22. The predicted octanol–water partition coefficient (Wildman–Crippen LogP) is 3.47. The molecule has 2 unspecified atom stereocenters. The molecule has 4 aromatic rings. The Balaban J connectivity index is 1.35. The van der Waals surface area contributed by atoms with Crippen LogP contribution in [0.1, 0.15) is 24.3 Å². The largest absolute Gasteiger partial charge is 0.397 e. The highest BCUT2D eigenvalue weighted by Gasteiger charge is 2.23. The molecule has 0 saturated carbocycles. The minimum atomic E-state index is -0.313. The number of benzene rings is 1. The van der Waals surface area contributed by atoms with Crippen LogP contribution < -0.4 is 16.0 Å². The number of aromatic amines is 1. The number of ether oxygens (including phenoxy) is 1. The molecule has 168 valence electrons. The molecular weight excluding hydrogens is 418 g/mol. The molecule has 9 heteroatoms. The van der Waals surface area contributed by atoms with Gasteiger partial charge in [0.15, 0.2) is 5.69 Å². The summed E-state index contributed by atoms with van der Waals surface area (Å²) in [6.07, 6.45) is 5.29. The second kappa shape index (κ2) is 8.51. The fourth-order valence-corrected chi connectivity index (χ4v) is 4.18. The average molecular weight is 444 g/mol. The van der Waals surface area contributed by atoms with Crippen LogP contribution in [0.2, 0.25) is 0 Å². The third-order valence-corrected chi connectivity index (χ3v) is 5.62. The van der Waals surface area contributed by atoms with Crippen LogP contribution in [0.15, 0.2) is 55.0 Å². The first-order valence-corrected chi connectivity index (χ1v) is 10.8. The molecule has 0 aliphatic carbocycles. The van der Waals surface area contributed by atoms with E-state index in [9.17, 15) is 4.79 Å². The summed E-state index contributed by atoms with van der Waals surface area (Å²) in [5, 5.41) is 10.8. The lowest BCUT2D eigenvalue weighted by atomic mass is 10.0. The topological polar surface area (TPSA) is 122 Å². The van der Waals surface area contributed by atoms with E-state index < -0.39 is 0 Å². The van der Waals surface area contributed by atoms with E-state index in [4.69, 9.17) is 10.5 Å². The molecular formula is C24H25N7O2. The van der Waals surface area contributed by atoms with Crippen molar-refractivity contribution in [1.29, 1.82) is 0 Å². The molecule has 0 radical (unpaired) electrons. The standard InChI is InChI=1S/C24H25N7O2/c1-14-12-31(13-15(2)33-14)22-6-4-19(11-27-22)28-24(32)23-20-8-16(3-5-21(20)29-30-23)17-7-18(25)10-26-9-17/h3-11,14-15H,12-13,25H2,1-2H3,(H,28,32)(H,29,30). The molecule has 5 rings (SSSR count). The number of aromatic nitrogens is 4. The molecule has 1 aliphatic heterocycles. The van der Waals surface area contributed by atoms with Crippen molar-refractivity contribution in [3.8, 4) is 11.1 Å². The molecule has 1 amide bonds. The number of amides is 1. The summed E-state index contributed by atoms with van der Waals surface area (Å²) in [7, 11) is 0. The van der Waals surface area contributed by atoms with Crippen LogP contribution in [0.3, 0.4) is 0 Å². The first-order chi connectivity index (χ1) is 16.0. The number of morpholine rings is 1. The summed E-state index contributed by atoms with van der Waals surface area (Å²) in [6.45, 7) is 5.68. The molecule has 0 spiro atoms. The molecule has 9 nitrogen and oxygen atoms in total. The Bertz CT molecular complexity index is 1290. The predicted molar refractivity (Wildman–Crippen MR) is 128 cm³/mol. The van der Waals surface area contributed by atoms with E-state index in [2.05, 4.69) is 44.2 Å². The van der Waals surface area contributed by atoms with Gasteiger partial charge in [0.2, 0.25) is 0 Å². The zero-order valence-electron chi connectivity index (χ0n) is 18.4. The highest BCUT2D eigenvalue weighted by atomic mass is 16.5. The maximum absolute atomic E-state index is 13.0. The maximum Gasteiger partial charge on any atom is 0.276 e. The second-order valence-corrected chi connectivity index (χ2v) is 8.36. The first-order valence-electron chi connectivity index (χ1n) is 10.8. The number of hydrogen-bond donors (Lipinski definition) is 3. The Morgan fingerprint density at radius 1 is 1.09 bits per heavy atom. The van der Waals surface area contributed by atoms with Gasteiger partial charge in [-0.15, -0.1) is 0 Å². The van der Waals surface area contributed by atoms with E-state index in [1.165, 1.54) is 0 Å². The monoisotopic (exact) mass is 443 g/mol. The van der Waals surface area contributed by atoms with Gasteiger partial charge in [0.05, 0.1) is 35.3 Å². The van der Waals surface area contributed by atoms with Gasteiger partial charge in [-0.1, -0.05) is 6.07 Å². The first kappa shape index (κ1) is 20.9. The van der Waals surface area contributed by atoms with Gasteiger partial charge >= 0.3 is 0 Å². The number of hydrogen-bond acceptors (Lipinski definition) is 7. The zero-order chi connectivity index (χ0) is 22.9. The number of nitrogen functional groups attached to an aromatic ring is 1. The Kier molecular flexibility index (Phi) is 5.39. The molecule has 1 aromatic carbocycles. The van der Waals surface area contributed by atoms with Crippen molar-refractivity contribution in [3.63, 3.8) is 0 Å². The highest BCUT2D eigenvalue weighted by Crippen LogP contribution is 2.27. The van der Waals surface area contributed by atoms with E-state index >= 15 is 0 Å². The number of carbonyl (C=O) groups is 1.